The van der Waals surface area contributed by atoms with Crippen LogP contribution in [0.4, 0.5) is 0 Å². The van der Waals surface area contributed by atoms with Crippen molar-refractivity contribution < 1.29 is 0 Å². The van der Waals surface area contributed by atoms with Gasteiger partial charge in [-0.1, -0.05) is 0 Å². The van der Waals surface area contributed by atoms with Gasteiger partial charge in [-0.15, -0.1) is 11.3 Å². The van der Waals surface area contributed by atoms with E-state index in [-0.39, 0.29) is 0 Å². The maximum absolute atomic E-state index is 5.08. The Kier molecular flexibility index (Phi) is 1.96. The summed E-state index contributed by atoms with van der Waals surface area (Å²) in [4.78, 5) is 5.08. The van der Waals surface area contributed by atoms with Crippen LogP contribution in [0.3, 0.4) is 0 Å². The third kappa shape index (κ3) is 1.41. The minimum Gasteiger partial charge on any atom is -0.245 e. The van der Waals surface area contributed by atoms with Crippen LogP contribution >= 0.6 is 11.3 Å². The molecule has 0 aliphatic heterocycles. The minimum atomic E-state index is 0.534. The highest BCUT2D eigenvalue weighted by atomic mass is 32.1. The van der Waals surface area contributed by atoms with Crippen molar-refractivity contribution in [2.45, 2.75) is 62.7 Å². The fourth-order valence-corrected chi connectivity index (χ4v) is 6.60. The Balaban J connectivity index is 1.53. The molecule has 0 aromatic carbocycles. The van der Waals surface area contributed by atoms with Crippen LogP contribution in [-0.2, 0) is 5.41 Å². The van der Waals surface area contributed by atoms with Gasteiger partial charge in [0, 0.05) is 16.7 Å². The zero-order chi connectivity index (χ0) is 11.7. The monoisotopic (exact) mass is 259 g/mol. The van der Waals surface area contributed by atoms with E-state index in [0.717, 1.165) is 23.7 Å². The maximum atomic E-state index is 5.08. The van der Waals surface area contributed by atoms with E-state index in [1.54, 1.807) is 19.3 Å². The average Bonchev–Trinajstić information content (AvgIpc) is 3.05. The van der Waals surface area contributed by atoms with Gasteiger partial charge >= 0.3 is 0 Å². The normalized spacial score (nSPS) is 45.7. The summed E-state index contributed by atoms with van der Waals surface area (Å²) in [6.07, 6.45) is 11.8. The quantitative estimate of drug-likeness (QED) is 0.762. The predicted octanol–water partition coefficient (Wildman–Crippen LogP) is 4.49. The number of rotatable bonds is 2. The van der Waals surface area contributed by atoms with Gasteiger partial charge in [-0.05, 0) is 69.1 Å². The second kappa shape index (κ2) is 3.39. The van der Waals surface area contributed by atoms with Gasteiger partial charge in [-0.3, -0.25) is 0 Å². The van der Waals surface area contributed by atoms with Gasteiger partial charge < -0.3 is 0 Å². The Morgan fingerprint density at radius 2 is 1.61 bits per heavy atom. The lowest BCUT2D eigenvalue weighted by Crippen LogP contribution is -2.48. The molecule has 0 amide bonds. The third-order valence-electron chi connectivity index (χ3n) is 6.01. The fraction of sp³-hybridized carbons (Fsp3) is 0.812. The van der Waals surface area contributed by atoms with E-state index in [1.807, 2.05) is 11.3 Å². The fourth-order valence-electron chi connectivity index (χ4n) is 5.47. The number of aromatic nitrogens is 1. The van der Waals surface area contributed by atoms with Crippen LogP contribution in [-0.4, -0.2) is 4.98 Å². The molecule has 1 aromatic rings. The SMILES string of the molecule is c1sc(C23CC4CC(CC(C4)C2)C3)nc1C1CC1. The molecule has 96 valence electrons. The molecule has 5 aliphatic rings. The predicted molar refractivity (Wildman–Crippen MR) is 73.9 cm³/mol. The highest BCUT2D eigenvalue weighted by Gasteiger charge is 2.53. The Hall–Kier alpha value is -0.370. The van der Waals surface area contributed by atoms with E-state index in [0.29, 0.717) is 5.41 Å². The molecule has 0 atom stereocenters. The zero-order valence-electron chi connectivity index (χ0n) is 10.9. The smallest absolute Gasteiger partial charge is 0.0990 e. The highest BCUT2D eigenvalue weighted by Crippen LogP contribution is 2.61. The van der Waals surface area contributed by atoms with Crippen molar-refractivity contribution in [3.8, 4) is 0 Å². The van der Waals surface area contributed by atoms with Crippen molar-refractivity contribution in [1.29, 1.82) is 0 Å². The van der Waals surface area contributed by atoms with Crippen LogP contribution in [0.15, 0.2) is 5.38 Å². The standard InChI is InChI=1S/C16H21NS/c1-2-13(1)14-9-18-15(17-14)16-6-10-3-11(7-16)5-12(4-10)8-16/h9-13H,1-8H2. The van der Waals surface area contributed by atoms with E-state index in [9.17, 15) is 0 Å². The first-order valence-corrected chi connectivity index (χ1v) is 8.65. The van der Waals surface area contributed by atoms with Gasteiger partial charge in [-0.2, -0.15) is 0 Å². The Morgan fingerprint density at radius 1 is 1.00 bits per heavy atom. The van der Waals surface area contributed by atoms with Crippen molar-refractivity contribution in [2.24, 2.45) is 17.8 Å². The van der Waals surface area contributed by atoms with Crippen LogP contribution in [0.5, 0.6) is 0 Å². The summed E-state index contributed by atoms with van der Waals surface area (Å²) in [7, 11) is 0. The molecule has 4 bridgehead atoms. The molecular formula is C16H21NS. The lowest BCUT2D eigenvalue weighted by Gasteiger charge is -2.56. The first kappa shape index (κ1) is 10.4. The topological polar surface area (TPSA) is 12.9 Å². The van der Waals surface area contributed by atoms with Crippen LogP contribution in [0.25, 0.3) is 0 Å². The Morgan fingerprint density at radius 3 is 2.17 bits per heavy atom. The van der Waals surface area contributed by atoms with Gasteiger partial charge in [0.15, 0.2) is 0 Å². The molecule has 1 nitrogen and oxygen atoms in total. The van der Waals surface area contributed by atoms with E-state index < -0.39 is 0 Å². The summed E-state index contributed by atoms with van der Waals surface area (Å²) >= 11 is 2.00. The molecule has 0 saturated heterocycles. The second-order valence-electron chi connectivity index (χ2n) is 7.55. The molecule has 5 aliphatic carbocycles. The summed E-state index contributed by atoms with van der Waals surface area (Å²) in [6.45, 7) is 0. The van der Waals surface area contributed by atoms with E-state index in [4.69, 9.17) is 4.98 Å². The van der Waals surface area contributed by atoms with Crippen LogP contribution in [0.2, 0.25) is 0 Å². The molecule has 18 heavy (non-hydrogen) atoms. The molecule has 0 spiro atoms. The first-order valence-electron chi connectivity index (χ1n) is 7.77. The van der Waals surface area contributed by atoms with Gasteiger partial charge in [0.2, 0.25) is 0 Å². The summed E-state index contributed by atoms with van der Waals surface area (Å²) in [6, 6.07) is 0. The first-order chi connectivity index (χ1) is 8.81. The van der Waals surface area contributed by atoms with E-state index in [2.05, 4.69) is 5.38 Å². The van der Waals surface area contributed by atoms with Crippen LogP contribution < -0.4 is 0 Å². The molecule has 6 rings (SSSR count). The molecular weight excluding hydrogens is 238 g/mol. The number of hydrogen-bond donors (Lipinski definition) is 0. The van der Waals surface area contributed by atoms with Crippen molar-refractivity contribution in [3.63, 3.8) is 0 Å². The maximum Gasteiger partial charge on any atom is 0.0990 e. The summed E-state index contributed by atoms with van der Waals surface area (Å²) in [5, 5.41) is 3.91. The molecule has 0 N–H and O–H groups in total. The van der Waals surface area contributed by atoms with Gasteiger partial charge in [0.25, 0.3) is 0 Å². The summed E-state index contributed by atoms with van der Waals surface area (Å²) < 4.78 is 0. The van der Waals surface area contributed by atoms with Crippen molar-refractivity contribution in [3.05, 3.63) is 16.1 Å². The molecule has 0 unspecified atom stereocenters. The number of thiazole rings is 1. The molecule has 5 saturated carbocycles. The molecule has 1 aromatic heterocycles. The van der Waals surface area contributed by atoms with Gasteiger partial charge in [-0.25, -0.2) is 4.98 Å². The average molecular weight is 259 g/mol. The molecule has 5 fully saturated rings. The van der Waals surface area contributed by atoms with Crippen molar-refractivity contribution >= 4 is 11.3 Å². The van der Waals surface area contributed by atoms with Gasteiger partial charge in [0.05, 0.1) is 10.7 Å². The molecule has 0 radical (unpaired) electrons. The van der Waals surface area contributed by atoms with Crippen molar-refractivity contribution in [2.75, 3.05) is 0 Å². The second-order valence-corrected chi connectivity index (χ2v) is 8.41. The van der Waals surface area contributed by atoms with Crippen molar-refractivity contribution in [1.82, 2.24) is 4.98 Å². The Labute approximate surface area is 113 Å². The zero-order valence-corrected chi connectivity index (χ0v) is 11.7. The van der Waals surface area contributed by atoms with E-state index >= 15 is 0 Å². The summed E-state index contributed by atoms with van der Waals surface area (Å²) in [5.74, 6) is 3.97. The van der Waals surface area contributed by atoms with E-state index in [1.165, 1.54) is 42.8 Å². The lowest BCUT2D eigenvalue weighted by molar-refractivity contribution is -0.00533. The third-order valence-corrected chi connectivity index (χ3v) is 7.12. The number of hydrogen-bond acceptors (Lipinski definition) is 2. The highest BCUT2D eigenvalue weighted by molar-refractivity contribution is 7.09. The summed E-state index contributed by atoms with van der Waals surface area (Å²) in [5.41, 5.74) is 1.97. The largest absolute Gasteiger partial charge is 0.245 e. The number of nitrogens with zero attached hydrogens (tertiary/aromatic N) is 1. The Bertz CT molecular complexity index is 450. The lowest BCUT2D eigenvalue weighted by atomic mass is 9.50. The molecule has 2 heteroatoms. The molecule has 1 heterocycles. The van der Waals surface area contributed by atoms with Crippen LogP contribution in [0.1, 0.15) is 68.0 Å². The minimum absolute atomic E-state index is 0.534. The van der Waals surface area contributed by atoms with Crippen LogP contribution in [0, 0.1) is 17.8 Å². The van der Waals surface area contributed by atoms with Gasteiger partial charge in [0.1, 0.15) is 0 Å².